The fourth-order valence-electron chi connectivity index (χ4n) is 3.37. The molecule has 2 unspecified atom stereocenters. The second-order valence-corrected chi connectivity index (χ2v) is 5.59. The Kier molecular flexibility index (Phi) is 3.94. The number of nitrogens with one attached hydrogen (secondary N) is 1. The Hall–Kier alpha value is -1.86. The number of nitrogens with two attached hydrogens (primary N) is 1. The largest absolute Gasteiger partial charge is 0.374 e. The summed E-state index contributed by atoms with van der Waals surface area (Å²) in [4.78, 5) is 12.9. The van der Waals surface area contributed by atoms with Crippen molar-refractivity contribution in [2.45, 2.75) is 37.8 Å². The molecule has 1 heterocycles. The molecular formula is C14H20N4O3. The Morgan fingerprint density at radius 2 is 2.14 bits per heavy atom. The summed E-state index contributed by atoms with van der Waals surface area (Å²) < 4.78 is 5.85. The van der Waals surface area contributed by atoms with E-state index in [1.54, 1.807) is 6.07 Å². The van der Waals surface area contributed by atoms with E-state index in [4.69, 9.17) is 10.6 Å². The van der Waals surface area contributed by atoms with Crippen molar-refractivity contribution in [2.75, 3.05) is 23.5 Å². The molecular weight excluding hydrogens is 272 g/mol. The predicted octanol–water partition coefficient (Wildman–Crippen LogP) is 2.03. The van der Waals surface area contributed by atoms with Gasteiger partial charge in [0, 0.05) is 24.4 Å². The number of rotatable bonds is 3. The van der Waals surface area contributed by atoms with Gasteiger partial charge in [0.25, 0.3) is 5.69 Å². The van der Waals surface area contributed by atoms with Crippen molar-refractivity contribution in [2.24, 2.45) is 5.84 Å². The normalized spacial score (nSPS) is 25.3. The highest BCUT2D eigenvalue weighted by Gasteiger charge is 2.34. The lowest BCUT2D eigenvalue weighted by molar-refractivity contribution is -0.384. The molecule has 1 aliphatic carbocycles. The minimum absolute atomic E-state index is 0.0549. The first kappa shape index (κ1) is 14.1. The third-order valence-corrected chi connectivity index (χ3v) is 4.34. The number of hydrazine groups is 1. The van der Waals surface area contributed by atoms with Crippen molar-refractivity contribution < 1.29 is 9.66 Å². The molecule has 3 rings (SSSR count). The number of ether oxygens (including phenoxy) is 1. The number of hydrogen-bond acceptors (Lipinski definition) is 6. The van der Waals surface area contributed by atoms with Crippen LogP contribution in [0.1, 0.15) is 25.7 Å². The molecule has 1 aromatic carbocycles. The van der Waals surface area contributed by atoms with Crippen molar-refractivity contribution in [3.8, 4) is 0 Å². The third kappa shape index (κ3) is 2.79. The smallest absolute Gasteiger partial charge is 0.273 e. The van der Waals surface area contributed by atoms with E-state index in [1.165, 1.54) is 18.9 Å². The van der Waals surface area contributed by atoms with Gasteiger partial charge in [-0.2, -0.15) is 0 Å². The van der Waals surface area contributed by atoms with E-state index < -0.39 is 0 Å². The van der Waals surface area contributed by atoms with Crippen LogP contribution in [0.2, 0.25) is 0 Å². The zero-order valence-electron chi connectivity index (χ0n) is 11.8. The van der Waals surface area contributed by atoms with Gasteiger partial charge in [-0.3, -0.25) is 16.0 Å². The Labute approximate surface area is 123 Å². The summed E-state index contributed by atoms with van der Waals surface area (Å²) in [6.07, 6.45) is 4.75. The van der Waals surface area contributed by atoms with Gasteiger partial charge in [-0.1, -0.05) is 12.8 Å². The minimum atomic E-state index is -0.386. The van der Waals surface area contributed by atoms with Gasteiger partial charge in [-0.15, -0.1) is 0 Å². The topological polar surface area (TPSA) is 93.7 Å². The molecule has 2 atom stereocenters. The van der Waals surface area contributed by atoms with Crippen LogP contribution in [0.15, 0.2) is 18.2 Å². The van der Waals surface area contributed by atoms with E-state index in [-0.39, 0.29) is 16.7 Å². The average Bonchev–Trinajstić information content (AvgIpc) is 2.53. The zero-order valence-corrected chi connectivity index (χ0v) is 11.8. The summed E-state index contributed by atoms with van der Waals surface area (Å²) in [7, 11) is 0. The quantitative estimate of drug-likeness (QED) is 0.503. The summed E-state index contributed by atoms with van der Waals surface area (Å²) >= 11 is 0. The maximum atomic E-state index is 11.1. The molecule has 0 aromatic heterocycles. The minimum Gasteiger partial charge on any atom is -0.374 e. The van der Waals surface area contributed by atoms with Crippen LogP contribution in [0.25, 0.3) is 0 Å². The molecule has 0 spiro atoms. The fraction of sp³-hybridized carbons (Fsp3) is 0.571. The van der Waals surface area contributed by atoms with Crippen LogP contribution in [0.4, 0.5) is 17.1 Å². The van der Waals surface area contributed by atoms with E-state index in [0.29, 0.717) is 18.3 Å². The Balaban J connectivity index is 1.94. The zero-order chi connectivity index (χ0) is 14.8. The molecule has 7 nitrogen and oxygen atoms in total. The number of nitrogen functional groups attached to an aromatic ring is 1. The Morgan fingerprint density at radius 3 is 2.90 bits per heavy atom. The first-order chi connectivity index (χ1) is 10.2. The molecule has 2 fully saturated rings. The monoisotopic (exact) mass is 292 g/mol. The van der Waals surface area contributed by atoms with Gasteiger partial charge in [-0.05, 0) is 18.9 Å². The van der Waals surface area contributed by atoms with Crippen molar-refractivity contribution in [3.63, 3.8) is 0 Å². The van der Waals surface area contributed by atoms with E-state index in [0.717, 1.165) is 25.1 Å². The highest BCUT2D eigenvalue weighted by molar-refractivity contribution is 5.64. The number of hydrogen-bond donors (Lipinski definition) is 2. The molecule has 1 aliphatic heterocycles. The van der Waals surface area contributed by atoms with Crippen LogP contribution < -0.4 is 16.2 Å². The maximum absolute atomic E-state index is 11.1. The van der Waals surface area contributed by atoms with Crippen LogP contribution >= 0.6 is 0 Å². The summed E-state index contributed by atoms with van der Waals surface area (Å²) in [5.41, 5.74) is 3.96. The van der Waals surface area contributed by atoms with Crippen LogP contribution in [0, 0.1) is 10.1 Å². The van der Waals surface area contributed by atoms with Crippen molar-refractivity contribution in [1.29, 1.82) is 0 Å². The van der Waals surface area contributed by atoms with Gasteiger partial charge in [0.2, 0.25) is 0 Å². The molecule has 114 valence electrons. The fourth-order valence-corrected chi connectivity index (χ4v) is 3.37. The van der Waals surface area contributed by atoms with Crippen molar-refractivity contribution in [3.05, 3.63) is 28.3 Å². The second kappa shape index (κ2) is 5.87. The lowest BCUT2D eigenvalue weighted by Crippen LogP contribution is -2.52. The van der Waals surface area contributed by atoms with E-state index >= 15 is 0 Å². The molecule has 0 radical (unpaired) electrons. The number of nitro benzene ring substituents is 1. The van der Waals surface area contributed by atoms with E-state index in [2.05, 4.69) is 10.3 Å². The van der Waals surface area contributed by atoms with Gasteiger partial charge in [0.15, 0.2) is 0 Å². The standard InChI is InChI=1S/C14H20N4O3/c15-16-10-7-11(9-12(8-10)18(19)20)17-5-6-21-14-4-2-1-3-13(14)17/h7-9,13-14,16H,1-6,15H2. The number of fused-ring (bicyclic) bond motifs is 1. The molecule has 2 aliphatic rings. The highest BCUT2D eigenvalue weighted by atomic mass is 16.6. The number of morpholine rings is 1. The van der Waals surface area contributed by atoms with Crippen molar-refractivity contribution >= 4 is 17.1 Å². The van der Waals surface area contributed by atoms with Gasteiger partial charge in [0.05, 0.1) is 29.4 Å². The maximum Gasteiger partial charge on any atom is 0.273 e. The Bertz CT molecular complexity index is 535. The van der Waals surface area contributed by atoms with Gasteiger partial charge >= 0.3 is 0 Å². The SMILES string of the molecule is NNc1cc(N2CCOC3CCCCC32)cc([N+](=O)[O-])c1. The second-order valence-electron chi connectivity index (χ2n) is 5.59. The number of nitro groups is 1. The van der Waals surface area contributed by atoms with Crippen LogP contribution in [0.5, 0.6) is 0 Å². The van der Waals surface area contributed by atoms with Gasteiger partial charge < -0.3 is 15.1 Å². The van der Waals surface area contributed by atoms with E-state index in [9.17, 15) is 10.1 Å². The van der Waals surface area contributed by atoms with Crippen LogP contribution in [-0.2, 0) is 4.74 Å². The summed E-state index contributed by atoms with van der Waals surface area (Å²) in [5.74, 6) is 5.43. The Morgan fingerprint density at radius 1 is 1.33 bits per heavy atom. The van der Waals surface area contributed by atoms with Gasteiger partial charge in [-0.25, -0.2) is 0 Å². The molecule has 7 heteroatoms. The number of nitrogens with zero attached hydrogens (tertiary/aromatic N) is 2. The number of anilines is 2. The molecule has 1 saturated carbocycles. The molecule has 3 N–H and O–H groups in total. The molecule has 1 saturated heterocycles. The van der Waals surface area contributed by atoms with Crippen LogP contribution in [0.3, 0.4) is 0 Å². The van der Waals surface area contributed by atoms with E-state index in [1.807, 2.05) is 6.07 Å². The third-order valence-electron chi connectivity index (χ3n) is 4.34. The number of non-ortho nitro benzene ring substituents is 1. The molecule has 0 bridgehead atoms. The summed E-state index contributed by atoms with van der Waals surface area (Å²) in [6, 6.07) is 5.24. The molecule has 0 amide bonds. The predicted molar refractivity (Wildman–Crippen MR) is 80.2 cm³/mol. The summed E-state index contributed by atoms with van der Waals surface area (Å²) in [6.45, 7) is 1.42. The lowest BCUT2D eigenvalue weighted by atomic mass is 9.89. The number of benzene rings is 1. The molecule has 1 aromatic rings. The van der Waals surface area contributed by atoms with Crippen molar-refractivity contribution in [1.82, 2.24) is 0 Å². The van der Waals surface area contributed by atoms with Gasteiger partial charge in [0.1, 0.15) is 0 Å². The summed E-state index contributed by atoms with van der Waals surface area (Å²) in [5, 5.41) is 11.1. The highest BCUT2D eigenvalue weighted by Crippen LogP contribution is 2.34. The average molecular weight is 292 g/mol. The first-order valence-corrected chi connectivity index (χ1v) is 7.33. The lowest BCUT2D eigenvalue weighted by Gasteiger charge is -2.45. The molecule has 21 heavy (non-hydrogen) atoms. The van der Waals surface area contributed by atoms with Crippen LogP contribution in [-0.4, -0.2) is 30.2 Å². The first-order valence-electron chi connectivity index (χ1n) is 7.33.